The van der Waals surface area contributed by atoms with Crippen LogP contribution in [0.4, 0.5) is 10.1 Å². The van der Waals surface area contributed by atoms with Crippen molar-refractivity contribution < 1.29 is 9.29 Å². The van der Waals surface area contributed by atoms with Crippen molar-refractivity contribution in [1.29, 1.82) is 0 Å². The topological polar surface area (TPSA) is 51.3 Å². The standard InChI is InChI=1S/C24H29FN6/c25-22-14-8-7-13-21(22)23(24-26-27-28-31(24)20-11-5-2-6-12-20)30-17-15-29(16-18-30)19-9-3-1-4-10-19/h1,3-4,7-10,13-14,20,23H,2,5-6,11-12,15-18H2/p+1/t23-/m0/s1. The number of nitrogens with zero attached hydrogens (tertiary/aromatic N) is 5. The van der Waals surface area contributed by atoms with Gasteiger partial charge in [-0.15, -0.1) is 5.10 Å². The van der Waals surface area contributed by atoms with Gasteiger partial charge in [-0.2, -0.15) is 0 Å². The van der Waals surface area contributed by atoms with Crippen molar-refractivity contribution in [2.75, 3.05) is 31.1 Å². The van der Waals surface area contributed by atoms with Gasteiger partial charge in [0.2, 0.25) is 5.82 Å². The Morgan fingerprint density at radius 2 is 1.61 bits per heavy atom. The zero-order chi connectivity index (χ0) is 21.0. The average Bonchev–Trinajstić information content (AvgIpc) is 3.32. The van der Waals surface area contributed by atoms with Crippen LogP contribution in [-0.2, 0) is 0 Å². The van der Waals surface area contributed by atoms with Crippen LogP contribution in [0, 0.1) is 5.82 Å². The Kier molecular flexibility index (Phi) is 5.93. The fourth-order valence-corrected chi connectivity index (χ4v) is 5.21. The first kappa shape index (κ1) is 20.1. The minimum Gasteiger partial charge on any atom is -0.360 e. The summed E-state index contributed by atoms with van der Waals surface area (Å²) in [7, 11) is 0. The Bertz CT molecular complexity index is 976. The molecular weight excluding hydrogens is 391 g/mol. The van der Waals surface area contributed by atoms with Gasteiger partial charge in [0, 0.05) is 5.69 Å². The molecule has 3 aromatic rings. The van der Waals surface area contributed by atoms with Crippen LogP contribution in [-0.4, -0.2) is 46.4 Å². The molecule has 31 heavy (non-hydrogen) atoms. The number of hydrogen-bond donors (Lipinski definition) is 1. The predicted octanol–water partition coefficient (Wildman–Crippen LogP) is 2.81. The lowest BCUT2D eigenvalue weighted by atomic mass is 9.95. The second-order valence-corrected chi connectivity index (χ2v) is 8.71. The van der Waals surface area contributed by atoms with Crippen molar-refractivity contribution in [3.63, 3.8) is 0 Å². The molecule has 2 aromatic carbocycles. The minimum absolute atomic E-state index is 0.177. The van der Waals surface area contributed by atoms with E-state index in [0.29, 0.717) is 11.6 Å². The van der Waals surface area contributed by atoms with Crippen molar-refractivity contribution >= 4 is 5.69 Å². The molecule has 1 atom stereocenters. The molecule has 162 valence electrons. The molecule has 1 N–H and O–H groups in total. The summed E-state index contributed by atoms with van der Waals surface area (Å²) in [6, 6.07) is 17.8. The number of halogens is 1. The monoisotopic (exact) mass is 421 g/mol. The molecule has 0 unspecified atom stereocenters. The van der Waals surface area contributed by atoms with Crippen molar-refractivity contribution in [1.82, 2.24) is 20.2 Å². The van der Waals surface area contributed by atoms with Crippen LogP contribution < -0.4 is 9.80 Å². The molecule has 2 aliphatic rings. The number of piperazine rings is 1. The minimum atomic E-state index is -0.198. The normalized spacial score (nSPS) is 19.5. The fraction of sp³-hybridized carbons (Fsp3) is 0.458. The molecule has 1 saturated heterocycles. The van der Waals surface area contributed by atoms with Gasteiger partial charge >= 0.3 is 0 Å². The van der Waals surface area contributed by atoms with Crippen LogP contribution in [0.1, 0.15) is 55.6 Å². The van der Waals surface area contributed by atoms with E-state index in [0.717, 1.165) is 44.8 Å². The summed E-state index contributed by atoms with van der Waals surface area (Å²) in [5.74, 6) is 0.629. The first-order valence-corrected chi connectivity index (χ1v) is 11.5. The second kappa shape index (κ2) is 9.14. The molecule has 6 nitrogen and oxygen atoms in total. The summed E-state index contributed by atoms with van der Waals surface area (Å²) in [4.78, 5) is 3.73. The Labute approximate surface area is 182 Å². The highest BCUT2D eigenvalue weighted by Crippen LogP contribution is 2.30. The lowest BCUT2D eigenvalue weighted by Crippen LogP contribution is -3.15. The lowest BCUT2D eigenvalue weighted by molar-refractivity contribution is -0.927. The van der Waals surface area contributed by atoms with E-state index in [4.69, 9.17) is 0 Å². The fourth-order valence-electron chi connectivity index (χ4n) is 5.21. The molecule has 7 heteroatoms. The third-order valence-corrected chi connectivity index (χ3v) is 6.85. The van der Waals surface area contributed by atoms with Gasteiger partial charge in [-0.1, -0.05) is 49.6 Å². The maximum absolute atomic E-state index is 15.0. The van der Waals surface area contributed by atoms with Crippen LogP contribution in [0.2, 0.25) is 0 Å². The number of anilines is 1. The number of tetrazole rings is 1. The van der Waals surface area contributed by atoms with Gasteiger partial charge in [0.25, 0.3) is 0 Å². The highest BCUT2D eigenvalue weighted by Gasteiger charge is 2.37. The van der Waals surface area contributed by atoms with Gasteiger partial charge in [0.15, 0.2) is 6.04 Å². The largest absolute Gasteiger partial charge is 0.360 e. The Hall–Kier alpha value is -2.80. The molecule has 0 radical (unpaired) electrons. The Morgan fingerprint density at radius 3 is 2.35 bits per heavy atom. The Morgan fingerprint density at radius 1 is 0.903 bits per heavy atom. The van der Waals surface area contributed by atoms with Crippen molar-refractivity contribution in [3.8, 4) is 0 Å². The third kappa shape index (κ3) is 4.19. The zero-order valence-electron chi connectivity index (χ0n) is 17.8. The predicted molar refractivity (Wildman–Crippen MR) is 118 cm³/mol. The molecule has 1 aromatic heterocycles. The Balaban J connectivity index is 1.44. The number of aromatic nitrogens is 4. The molecule has 2 heterocycles. The van der Waals surface area contributed by atoms with Crippen molar-refractivity contribution in [3.05, 3.63) is 71.8 Å². The SMILES string of the molecule is Fc1ccccc1[C@@H](c1nnnn1C1CCCCC1)[NH+]1CCN(c2ccccc2)CC1. The van der Waals surface area contributed by atoms with E-state index in [1.807, 2.05) is 22.9 Å². The molecular formula is C24H30FN6+. The van der Waals surface area contributed by atoms with Crippen molar-refractivity contribution in [2.45, 2.75) is 44.2 Å². The third-order valence-electron chi connectivity index (χ3n) is 6.85. The highest BCUT2D eigenvalue weighted by atomic mass is 19.1. The number of rotatable bonds is 5. The number of para-hydroxylation sites is 1. The number of hydrogen-bond acceptors (Lipinski definition) is 4. The molecule has 1 aliphatic carbocycles. The first-order valence-electron chi connectivity index (χ1n) is 11.5. The van der Waals surface area contributed by atoms with E-state index in [1.165, 1.54) is 29.8 Å². The molecule has 1 aliphatic heterocycles. The summed E-state index contributed by atoms with van der Waals surface area (Å²) in [6.07, 6.45) is 5.88. The van der Waals surface area contributed by atoms with E-state index in [9.17, 15) is 0 Å². The van der Waals surface area contributed by atoms with Crippen LogP contribution in [0.5, 0.6) is 0 Å². The summed E-state index contributed by atoms with van der Waals surface area (Å²) in [5, 5.41) is 12.9. The molecule has 1 saturated carbocycles. The summed E-state index contributed by atoms with van der Waals surface area (Å²) in [6.45, 7) is 3.67. The van der Waals surface area contributed by atoms with E-state index >= 15 is 4.39 Å². The molecule has 0 amide bonds. The smallest absolute Gasteiger partial charge is 0.214 e. The molecule has 5 rings (SSSR count). The van der Waals surface area contributed by atoms with Gasteiger partial charge in [-0.3, -0.25) is 0 Å². The van der Waals surface area contributed by atoms with Gasteiger partial charge in [-0.05, 0) is 47.5 Å². The number of benzene rings is 2. The second-order valence-electron chi connectivity index (χ2n) is 8.71. The summed E-state index contributed by atoms with van der Waals surface area (Å²) in [5.41, 5.74) is 1.94. The van der Waals surface area contributed by atoms with Crippen LogP contribution in [0.3, 0.4) is 0 Å². The van der Waals surface area contributed by atoms with Crippen LogP contribution in [0.25, 0.3) is 0 Å². The summed E-state index contributed by atoms with van der Waals surface area (Å²) < 4.78 is 17.0. The maximum Gasteiger partial charge on any atom is 0.214 e. The highest BCUT2D eigenvalue weighted by molar-refractivity contribution is 5.46. The van der Waals surface area contributed by atoms with E-state index in [1.54, 1.807) is 12.1 Å². The average molecular weight is 422 g/mol. The van der Waals surface area contributed by atoms with Crippen LogP contribution in [0.15, 0.2) is 54.6 Å². The van der Waals surface area contributed by atoms with Gasteiger partial charge in [0.05, 0.1) is 37.8 Å². The molecule has 2 fully saturated rings. The van der Waals surface area contributed by atoms with Gasteiger partial charge < -0.3 is 9.80 Å². The number of nitrogens with one attached hydrogen (secondary N) is 1. The molecule has 0 spiro atoms. The van der Waals surface area contributed by atoms with Gasteiger partial charge in [-0.25, -0.2) is 9.07 Å². The molecule has 0 bridgehead atoms. The summed E-state index contributed by atoms with van der Waals surface area (Å²) >= 11 is 0. The van der Waals surface area contributed by atoms with Crippen LogP contribution >= 0.6 is 0 Å². The van der Waals surface area contributed by atoms with E-state index < -0.39 is 0 Å². The van der Waals surface area contributed by atoms with Gasteiger partial charge in [0.1, 0.15) is 5.82 Å². The zero-order valence-corrected chi connectivity index (χ0v) is 17.8. The number of quaternary nitrogens is 1. The van der Waals surface area contributed by atoms with E-state index in [-0.39, 0.29) is 11.9 Å². The lowest BCUT2D eigenvalue weighted by Gasteiger charge is -2.37. The quantitative estimate of drug-likeness (QED) is 0.688. The maximum atomic E-state index is 15.0. The first-order chi connectivity index (χ1) is 15.3. The van der Waals surface area contributed by atoms with Crippen molar-refractivity contribution in [2.24, 2.45) is 0 Å². The van der Waals surface area contributed by atoms with E-state index in [2.05, 4.69) is 44.7 Å².